The van der Waals surface area contributed by atoms with E-state index >= 15 is 0 Å². The van der Waals surface area contributed by atoms with Crippen LogP contribution in [0.15, 0.2) is 30.3 Å². The first-order valence-electron chi connectivity index (χ1n) is 7.94. The minimum atomic E-state index is -0.387. The summed E-state index contributed by atoms with van der Waals surface area (Å²) in [5.41, 5.74) is 0.659. The number of nitro groups is 1. The predicted molar refractivity (Wildman–Crippen MR) is 88.0 cm³/mol. The molecule has 6 heteroatoms. The second kappa shape index (κ2) is 8.43. The van der Waals surface area contributed by atoms with Gasteiger partial charge in [-0.25, -0.2) is 0 Å². The Morgan fingerprint density at radius 3 is 2.96 bits per heavy atom. The van der Waals surface area contributed by atoms with Crippen LogP contribution in [0.3, 0.4) is 0 Å². The van der Waals surface area contributed by atoms with Crippen molar-refractivity contribution in [3.8, 4) is 0 Å². The van der Waals surface area contributed by atoms with Crippen molar-refractivity contribution in [3.05, 3.63) is 46.0 Å². The minimum absolute atomic E-state index is 0.0873. The molecule has 1 fully saturated rings. The summed E-state index contributed by atoms with van der Waals surface area (Å²) in [4.78, 5) is 24.7. The number of nitrogens with zero attached hydrogens (tertiary/aromatic N) is 2. The molecule has 1 saturated heterocycles. The van der Waals surface area contributed by atoms with Gasteiger partial charge in [0.25, 0.3) is 5.69 Å². The van der Waals surface area contributed by atoms with Crippen molar-refractivity contribution in [1.29, 1.82) is 0 Å². The lowest BCUT2D eigenvalue weighted by Crippen LogP contribution is -2.45. The van der Waals surface area contributed by atoms with Gasteiger partial charge in [-0.05, 0) is 32.4 Å². The second-order valence-electron chi connectivity index (χ2n) is 5.48. The molecular formula is C17H22N2O4. The molecule has 1 unspecified atom stereocenters. The van der Waals surface area contributed by atoms with Crippen molar-refractivity contribution in [3.63, 3.8) is 0 Å². The van der Waals surface area contributed by atoms with Crippen LogP contribution in [0.25, 0.3) is 6.08 Å². The van der Waals surface area contributed by atoms with Crippen LogP contribution in [0.5, 0.6) is 0 Å². The van der Waals surface area contributed by atoms with Gasteiger partial charge in [-0.15, -0.1) is 0 Å². The molecule has 0 spiro atoms. The maximum Gasteiger partial charge on any atom is 0.323 e. The van der Waals surface area contributed by atoms with E-state index in [1.54, 1.807) is 31.2 Å². The summed E-state index contributed by atoms with van der Waals surface area (Å²) < 4.78 is 5.13. The third kappa shape index (κ3) is 4.63. The summed E-state index contributed by atoms with van der Waals surface area (Å²) in [5.74, 6) is -0.175. The number of hydrogen-bond donors (Lipinski definition) is 0. The number of ether oxygens (including phenoxy) is 1. The zero-order valence-corrected chi connectivity index (χ0v) is 13.3. The number of likely N-dealkylation sites (tertiary alicyclic amines) is 1. The molecule has 0 amide bonds. The molecule has 23 heavy (non-hydrogen) atoms. The number of nitro benzene ring substituents is 1. The fourth-order valence-corrected chi connectivity index (χ4v) is 2.82. The molecule has 1 atom stereocenters. The van der Waals surface area contributed by atoms with Crippen LogP contribution >= 0.6 is 0 Å². The normalized spacial score (nSPS) is 18.9. The van der Waals surface area contributed by atoms with Gasteiger partial charge in [0.2, 0.25) is 0 Å². The maximum absolute atomic E-state index is 12.0. The van der Waals surface area contributed by atoms with E-state index in [0.717, 1.165) is 25.8 Å². The number of benzene rings is 1. The lowest BCUT2D eigenvalue weighted by molar-refractivity contribution is -0.385. The van der Waals surface area contributed by atoms with Crippen LogP contribution in [-0.2, 0) is 9.53 Å². The first-order valence-corrected chi connectivity index (χ1v) is 7.94. The number of para-hydroxylation sites is 1. The third-order valence-corrected chi connectivity index (χ3v) is 3.94. The average molecular weight is 318 g/mol. The number of esters is 1. The smallest absolute Gasteiger partial charge is 0.323 e. The van der Waals surface area contributed by atoms with E-state index in [9.17, 15) is 14.9 Å². The van der Waals surface area contributed by atoms with E-state index < -0.39 is 0 Å². The first kappa shape index (κ1) is 17.1. The predicted octanol–water partition coefficient (Wildman–Crippen LogP) is 3.03. The molecule has 0 aromatic heterocycles. The largest absolute Gasteiger partial charge is 0.465 e. The molecule has 0 aliphatic carbocycles. The first-order chi connectivity index (χ1) is 11.1. The SMILES string of the molecule is CCOC(=O)C1CCCCN1C/C=C/c1ccccc1[N+](=O)[O-]. The van der Waals surface area contributed by atoms with Crippen LogP contribution in [-0.4, -0.2) is 41.5 Å². The van der Waals surface area contributed by atoms with Gasteiger partial charge in [0, 0.05) is 12.6 Å². The van der Waals surface area contributed by atoms with Gasteiger partial charge in [-0.3, -0.25) is 19.8 Å². The van der Waals surface area contributed by atoms with Crippen LogP contribution in [0.1, 0.15) is 31.7 Å². The number of carbonyl (C=O) groups is 1. The van der Waals surface area contributed by atoms with Gasteiger partial charge < -0.3 is 4.74 Å². The molecule has 1 aliphatic rings. The van der Waals surface area contributed by atoms with E-state index in [1.807, 2.05) is 6.08 Å². The van der Waals surface area contributed by atoms with Gasteiger partial charge in [0.15, 0.2) is 0 Å². The summed E-state index contributed by atoms with van der Waals surface area (Å²) in [6.45, 7) is 3.61. The Morgan fingerprint density at radius 1 is 1.43 bits per heavy atom. The standard InChI is InChI=1S/C17H22N2O4/c1-2-23-17(20)16-11-5-6-12-18(16)13-7-9-14-8-3-4-10-15(14)19(21)22/h3-4,7-10,16H,2,5-6,11-13H2,1H3/b9-7+. The van der Waals surface area contributed by atoms with Crippen molar-refractivity contribution >= 4 is 17.7 Å². The van der Waals surface area contributed by atoms with Crippen molar-refractivity contribution in [1.82, 2.24) is 4.90 Å². The molecule has 1 aliphatic heterocycles. The number of hydrogen-bond acceptors (Lipinski definition) is 5. The van der Waals surface area contributed by atoms with Gasteiger partial charge in [-0.1, -0.05) is 30.7 Å². The summed E-state index contributed by atoms with van der Waals surface area (Å²) in [5, 5.41) is 11.0. The summed E-state index contributed by atoms with van der Waals surface area (Å²) in [6.07, 6.45) is 6.50. The highest BCUT2D eigenvalue weighted by molar-refractivity contribution is 5.76. The van der Waals surface area contributed by atoms with Crippen molar-refractivity contribution < 1.29 is 14.5 Å². The molecule has 2 rings (SSSR count). The van der Waals surface area contributed by atoms with Crippen molar-refractivity contribution in [2.75, 3.05) is 19.7 Å². The van der Waals surface area contributed by atoms with Crippen molar-refractivity contribution in [2.45, 2.75) is 32.2 Å². The highest BCUT2D eigenvalue weighted by Gasteiger charge is 2.28. The number of carbonyl (C=O) groups excluding carboxylic acids is 1. The summed E-state index contributed by atoms with van der Waals surface area (Å²) in [7, 11) is 0. The zero-order valence-electron chi connectivity index (χ0n) is 13.3. The highest BCUT2D eigenvalue weighted by atomic mass is 16.6. The Hall–Kier alpha value is -2.21. The van der Waals surface area contributed by atoms with E-state index in [-0.39, 0.29) is 22.6 Å². The fraction of sp³-hybridized carbons (Fsp3) is 0.471. The second-order valence-corrected chi connectivity index (χ2v) is 5.48. The monoisotopic (exact) mass is 318 g/mol. The van der Waals surface area contributed by atoms with Crippen LogP contribution < -0.4 is 0 Å². The Morgan fingerprint density at radius 2 is 2.22 bits per heavy atom. The molecule has 0 N–H and O–H groups in total. The Labute approximate surface area is 135 Å². The Kier molecular flexibility index (Phi) is 6.29. The fourth-order valence-electron chi connectivity index (χ4n) is 2.82. The molecular weight excluding hydrogens is 296 g/mol. The van der Waals surface area contributed by atoms with E-state index in [4.69, 9.17) is 4.74 Å². The molecule has 0 bridgehead atoms. The number of piperidine rings is 1. The lowest BCUT2D eigenvalue weighted by atomic mass is 10.0. The summed E-state index contributed by atoms with van der Waals surface area (Å²) in [6, 6.07) is 6.42. The molecule has 1 aromatic carbocycles. The topological polar surface area (TPSA) is 72.7 Å². The van der Waals surface area contributed by atoms with Crippen LogP contribution in [0.2, 0.25) is 0 Å². The van der Waals surface area contributed by atoms with Crippen molar-refractivity contribution in [2.24, 2.45) is 0 Å². The van der Waals surface area contributed by atoms with Gasteiger partial charge >= 0.3 is 5.97 Å². The lowest BCUT2D eigenvalue weighted by Gasteiger charge is -2.33. The van der Waals surface area contributed by atoms with Crippen LogP contribution in [0, 0.1) is 10.1 Å². The van der Waals surface area contributed by atoms with E-state index in [2.05, 4.69) is 4.90 Å². The van der Waals surface area contributed by atoms with Gasteiger partial charge in [-0.2, -0.15) is 0 Å². The molecule has 6 nitrogen and oxygen atoms in total. The molecule has 1 heterocycles. The molecule has 1 aromatic rings. The van der Waals surface area contributed by atoms with Gasteiger partial charge in [0.05, 0.1) is 17.1 Å². The zero-order chi connectivity index (χ0) is 16.7. The molecule has 124 valence electrons. The Balaban J connectivity index is 2.03. The summed E-state index contributed by atoms with van der Waals surface area (Å²) >= 11 is 0. The van der Waals surface area contributed by atoms with Crippen LogP contribution in [0.4, 0.5) is 5.69 Å². The maximum atomic E-state index is 12.0. The van der Waals surface area contributed by atoms with Gasteiger partial charge in [0.1, 0.15) is 6.04 Å². The third-order valence-electron chi connectivity index (χ3n) is 3.94. The van der Waals surface area contributed by atoms with E-state index in [1.165, 1.54) is 6.07 Å². The quantitative estimate of drug-likeness (QED) is 0.458. The molecule has 0 radical (unpaired) electrons. The average Bonchev–Trinajstić information content (AvgIpc) is 2.56. The highest BCUT2D eigenvalue weighted by Crippen LogP contribution is 2.21. The minimum Gasteiger partial charge on any atom is -0.465 e. The Bertz CT molecular complexity index is 586. The number of rotatable bonds is 6. The van der Waals surface area contributed by atoms with E-state index in [0.29, 0.717) is 18.7 Å². The molecule has 0 saturated carbocycles.